The highest BCUT2D eigenvalue weighted by Gasteiger charge is 2.20. The van der Waals surface area contributed by atoms with Crippen molar-refractivity contribution in [3.8, 4) is 0 Å². The summed E-state index contributed by atoms with van der Waals surface area (Å²) in [6.45, 7) is 4.60. The van der Waals surface area contributed by atoms with Gasteiger partial charge in [0.05, 0.1) is 32.9 Å². The third-order valence-corrected chi connectivity index (χ3v) is 4.53. The molecular weight excluding hydrogens is 331 g/mol. The summed E-state index contributed by atoms with van der Waals surface area (Å²) < 4.78 is 1.76. The second-order valence-corrected chi connectivity index (χ2v) is 5.74. The molecule has 0 saturated carbocycles. The number of carbonyl (C=O) groups is 1. The largest absolute Gasteiger partial charge is 0.294 e. The van der Waals surface area contributed by atoms with Crippen molar-refractivity contribution in [1.82, 2.24) is 9.78 Å². The zero-order chi connectivity index (χ0) is 15.6. The Morgan fingerprint density at radius 1 is 1.19 bits per heavy atom. The number of hydrogen-bond acceptors (Lipinski definition) is 2. The predicted octanol–water partition coefficient (Wildman–Crippen LogP) is 4.85. The second kappa shape index (κ2) is 6.82. The fraction of sp³-hybridized carbons (Fsp3) is 0.333. The zero-order valence-electron chi connectivity index (χ0n) is 11.8. The summed E-state index contributed by atoms with van der Waals surface area (Å²) >= 11 is 18.4. The van der Waals surface area contributed by atoms with Gasteiger partial charge in [0.25, 0.3) is 0 Å². The van der Waals surface area contributed by atoms with E-state index in [1.165, 1.54) is 0 Å². The number of carbonyl (C=O) groups excluding carboxylic acids is 1. The van der Waals surface area contributed by atoms with Crippen molar-refractivity contribution >= 4 is 40.6 Å². The van der Waals surface area contributed by atoms with Crippen molar-refractivity contribution in [2.75, 3.05) is 0 Å². The van der Waals surface area contributed by atoms with E-state index in [1.54, 1.807) is 22.9 Å². The molecule has 1 aromatic heterocycles. The molecule has 1 heterocycles. The number of ketones is 1. The van der Waals surface area contributed by atoms with E-state index in [0.29, 0.717) is 22.2 Å². The molecule has 0 spiro atoms. The average Bonchev–Trinajstić information content (AvgIpc) is 2.78. The molecule has 1 aromatic carbocycles. The monoisotopic (exact) mass is 344 g/mol. The van der Waals surface area contributed by atoms with Crippen LogP contribution in [0.1, 0.15) is 35.6 Å². The fourth-order valence-electron chi connectivity index (χ4n) is 2.15. The summed E-state index contributed by atoms with van der Waals surface area (Å²) in [5, 5.41) is 5.61. The summed E-state index contributed by atoms with van der Waals surface area (Å²) in [4.78, 5) is 12.5. The Morgan fingerprint density at radius 2 is 1.90 bits per heavy atom. The number of aryl methyl sites for hydroxylation is 2. The normalized spacial score (nSPS) is 10.9. The molecule has 112 valence electrons. The quantitative estimate of drug-likeness (QED) is 0.726. The lowest BCUT2D eigenvalue weighted by Crippen LogP contribution is -2.10. The summed E-state index contributed by atoms with van der Waals surface area (Å²) in [7, 11) is 0. The lowest BCUT2D eigenvalue weighted by atomic mass is 10.1. The molecule has 0 aliphatic carbocycles. The van der Waals surface area contributed by atoms with Crippen LogP contribution in [-0.2, 0) is 19.4 Å². The van der Waals surface area contributed by atoms with Gasteiger partial charge in [0.1, 0.15) is 0 Å². The summed E-state index contributed by atoms with van der Waals surface area (Å²) in [5.41, 5.74) is 1.93. The van der Waals surface area contributed by atoms with Crippen molar-refractivity contribution in [2.24, 2.45) is 0 Å². The van der Waals surface area contributed by atoms with E-state index in [2.05, 4.69) is 5.10 Å². The first-order valence-corrected chi connectivity index (χ1v) is 7.84. The van der Waals surface area contributed by atoms with Crippen molar-refractivity contribution in [2.45, 2.75) is 33.2 Å². The maximum Gasteiger partial charge on any atom is 0.170 e. The molecular formula is C15H15Cl3N2O. The van der Waals surface area contributed by atoms with Crippen LogP contribution in [0.25, 0.3) is 0 Å². The third-order valence-electron chi connectivity index (χ3n) is 3.27. The van der Waals surface area contributed by atoms with Crippen molar-refractivity contribution in [3.05, 3.63) is 50.2 Å². The topological polar surface area (TPSA) is 34.9 Å². The van der Waals surface area contributed by atoms with Gasteiger partial charge in [0.2, 0.25) is 0 Å². The molecule has 3 nitrogen and oxygen atoms in total. The van der Waals surface area contributed by atoms with Crippen molar-refractivity contribution < 1.29 is 4.79 Å². The summed E-state index contributed by atoms with van der Waals surface area (Å²) in [6.07, 6.45) is 0.880. The Balaban J connectivity index is 2.36. The Bertz CT molecular complexity index is 680. The maximum atomic E-state index is 12.5. The molecule has 2 rings (SSSR count). The SMILES string of the molecule is CCc1nn(CC)c(CC(=O)c2cccc(Cl)c2Cl)c1Cl. The Hall–Kier alpha value is -1.03. The van der Waals surface area contributed by atoms with E-state index >= 15 is 0 Å². The van der Waals surface area contributed by atoms with Gasteiger partial charge in [0.15, 0.2) is 5.78 Å². The van der Waals surface area contributed by atoms with Gasteiger partial charge in [-0.1, -0.05) is 47.8 Å². The van der Waals surface area contributed by atoms with Gasteiger partial charge >= 0.3 is 0 Å². The van der Waals surface area contributed by atoms with E-state index in [1.807, 2.05) is 13.8 Å². The molecule has 0 bridgehead atoms. The van der Waals surface area contributed by atoms with Crippen LogP contribution in [0.15, 0.2) is 18.2 Å². The minimum atomic E-state index is -0.123. The number of aromatic nitrogens is 2. The van der Waals surface area contributed by atoms with E-state index in [0.717, 1.165) is 17.8 Å². The third kappa shape index (κ3) is 3.25. The van der Waals surface area contributed by atoms with Crippen LogP contribution in [0.2, 0.25) is 15.1 Å². The van der Waals surface area contributed by atoms with Crippen LogP contribution in [-0.4, -0.2) is 15.6 Å². The highest BCUT2D eigenvalue weighted by molar-refractivity contribution is 6.44. The molecule has 0 atom stereocenters. The smallest absolute Gasteiger partial charge is 0.170 e. The molecule has 0 radical (unpaired) electrons. The molecule has 2 aromatic rings. The Labute approximate surface area is 138 Å². The molecule has 0 fully saturated rings. The van der Waals surface area contributed by atoms with Crippen LogP contribution in [0.3, 0.4) is 0 Å². The molecule has 0 unspecified atom stereocenters. The molecule has 0 aliphatic heterocycles. The van der Waals surface area contributed by atoms with Crippen molar-refractivity contribution in [1.29, 1.82) is 0 Å². The molecule has 21 heavy (non-hydrogen) atoms. The average molecular weight is 346 g/mol. The van der Waals surface area contributed by atoms with Crippen LogP contribution in [0.4, 0.5) is 0 Å². The first kappa shape index (κ1) is 16.3. The van der Waals surface area contributed by atoms with Gasteiger partial charge in [0, 0.05) is 12.1 Å². The minimum absolute atomic E-state index is 0.123. The lowest BCUT2D eigenvalue weighted by molar-refractivity contribution is 0.0990. The second-order valence-electron chi connectivity index (χ2n) is 4.58. The minimum Gasteiger partial charge on any atom is -0.294 e. The van der Waals surface area contributed by atoms with E-state index in [4.69, 9.17) is 34.8 Å². The van der Waals surface area contributed by atoms with Gasteiger partial charge in [-0.2, -0.15) is 5.10 Å². The number of nitrogens with zero attached hydrogens (tertiary/aromatic N) is 2. The van der Waals surface area contributed by atoms with Crippen LogP contribution in [0.5, 0.6) is 0 Å². The molecule has 0 aliphatic rings. The molecule has 0 saturated heterocycles. The number of Topliss-reactive ketones (excluding diaryl/α,β-unsaturated/α-hetero) is 1. The Kier molecular flexibility index (Phi) is 5.31. The fourth-order valence-corrected chi connectivity index (χ4v) is 2.89. The van der Waals surface area contributed by atoms with Gasteiger partial charge in [-0.15, -0.1) is 0 Å². The lowest BCUT2D eigenvalue weighted by Gasteiger charge is -2.07. The number of halogens is 3. The summed E-state index contributed by atoms with van der Waals surface area (Å²) in [6, 6.07) is 5.02. The highest BCUT2D eigenvalue weighted by atomic mass is 35.5. The Morgan fingerprint density at radius 3 is 2.52 bits per heavy atom. The van der Waals surface area contributed by atoms with Crippen LogP contribution >= 0.6 is 34.8 Å². The number of hydrogen-bond donors (Lipinski definition) is 0. The zero-order valence-corrected chi connectivity index (χ0v) is 14.1. The predicted molar refractivity (Wildman–Crippen MR) is 86.8 cm³/mol. The van der Waals surface area contributed by atoms with Gasteiger partial charge in [-0.05, 0) is 25.5 Å². The first-order valence-electron chi connectivity index (χ1n) is 6.70. The highest BCUT2D eigenvalue weighted by Crippen LogP contribution is 2.28. The maximum absolute atomic E-state index is 12.5. The van der Waals surface area contributed by atoms with Gasteiger partial charge in [-0.3, -0.25) is 9.48 Å². The standard InChI is InChI=1S/C15H15Cl3N2O/c1-3-11-15(18)12(20(4-2)19-11)8-13(21)9-6-5-7-10(16)14(9)17/h5-7H,3-4,8H2,1-2H3. The van der Waals surface area contributed by atoms with Crippen LogP contribution < -0.4 is 0 Å². The first-order chi connectivity index (χ1) is 9.99. The molecule has 6 heteroatoms. The number of benzene rings is 1. The van der Waals surface area contributed by atoms with Gasteiger partial charge < -0.3 is 0 Å². The number of rotatable bonds is 5. The molecule has 0 N–H and O–H groups in total. The van der Waals surface area contributed by atoms with Crippen molar-refractivity contribution in [3.63, 3.8) is 0 Å². The molecule has 0 amide bonds. The van der Waals surface area contributed by atoms with Gasteiger partial charge in [-0.25, -0.2) is 0 Å². The summed E-state index contributed by atoms with van der Waals surface area (Å²) in [5.74, 6) is -0.123. The van der Waals surface area contributed by atoms with E-state index in [-0.39, 0.29) is 17.2 Å². The van der Waals surface area contributed by atoms with Crippen LogP contribution in [0, 0.1) is 0 Å². The van der Waals surface area contributed by atoms with E-state index < -0.39 is 0 Å². The van der Waals surface area contributed by atoms with E-state index in [9.17, 15) is 4.79 Å².